The van der Waals surface area contributed by atoms with E-state index < -0.39 is 38.2 Å². The molecule has 0 fully saturated rings. The van der Waals surface area contributed by atoms with E-state index in [0.717, 1.165) is 23.3 Å². The smallest absolute Gasteiger partial charge is 0.744 e. The van der Waals surface area contributed by atoms with Gasteiger partial charge < -0.3 is 30.4 Å². The molecule has 0 unspecified atom stereocenters. The van der Waals surface area contributed by atoms with Crippen LogP contribution in [0.3, 0.4) is 0 Å². The zero-order chi connectivity index (χ0) is 30.0. The largest absolute Gasteiger partial charge is 1.00 e. The Labute approximate surface area is 295 Å². The zero-order valence-corrected chi connectivity index (χ0v) is 28.2. The van der Waals surface area contributed by atoms with Gasteiger partial charge in [-0.3, -0.25) is 0 Å². The molecule has 0 bridgehead atoms. The van der Waals surface area contributed by atoms with Crippen LogP contribution in [0.4, 0.5) is 28.4 Å². The Kier molecular flexibility index (Phi) is 11.4. The summed E-state index contributed by atoms with van der Waals surface area (Å²) in [6.45, 7) is 0. The minimum absolute atomic E-state index is 0. The maximum Gasteiger partial charge on any atom is 1.00 e. The molecule has 15 heteroatoms. The second-order valence-corrected chi connectivity index (χ2v) is 10.3. The molecule has 0 saturated heterocycles. The van der Waals surface area contributed by atoms with Gasteiger partial charge in [-0.1, -0.05) is 30.3 Å². The number of carboxylic acids is 1. The number of rotatable bonds is 7. The Morgan fingerprint density at radius 3 is 1.77 bits per heavy atom. The number of nitrogens with zero attached hydrogens (tertiary/aromatic N) is 4. The maximum atomic E-state index is 11.9. The van der Waals surface area contributed by atoms with E-state index in [1.54, 1.807) is 48.5 Å². The van der Waals surface area contributed by atoms with Gasteiger partial charge >= 0.3 is 59.1 Å². The van der Waals surface area contributed by atoms with Crippen molar-refractivity contribution >= 4 is 55.3 Å². The number of nitrogens with two attached hydrogens (primary N) is 1. The van der Waals surface area contributed by atoms with Crippen molar-refractivity contribution in [2.45, 2.75) is 4.90 Å². The van der Waals surface area contributed by atoms with Gasteiger partial charge in [-0.2, -0.15) is 15.3 Å². The molecule has 0 amide bonds. The summed E-state index contributed by atoms with van der Waals surface area (Å²) in [5.41, 5.74) is 7.91. The number of carbonyl (C=O) groups is 1. The third-order valence-corrected chi connectivity index (χ3v) is 7.01. The standard InChI is InChI=1S/C29H21N5O7S.2Na/c30-19-6-1-18-13-26(42(39,40)41)27(28(36)23(18)14-19)34-32-21-9-4-17(5-10-21)16-2-7-20(8-3-16)31-33-22-11-12-25(35)24(15-22)29(37)38;;/h1-15,35-36H,30H2,(H,37,38)(H,39,40,41);;/q;2*+1/p-2. The number of phenolic OH excluding ortho intramolecular Hbond substituents is 1. The van der Waals surface area contributed by atoms with Crippen molar-refractivity contribution in [2.24, 2.45) is 20.5 Å². The van der Waals surface area contributed by atoms with E-state index in [0.29, 0.717) is 22.4 Å². The number of hydrogen-bond acceptors (Lipinski definition) is 12. The number of nitrogen functional groups attached to an aromatic ring is 1. The van der Waals surface area contributed by atoms with Crippen LogP contribution >= 0.6 is 0 Å². The van der Waals surface area contributed by atoms with E-state index in [4.69, 9.17) is 5.73 Å². The first-order valence-electron chi connectivity index (χ1n) is 12.1. The van der Waals surface area contributed by atoms with Gasteiger partial charge in [0.05, 0.1) is 27.9 Å². The van der Waals surface area contributed by atoms with Crippen LogP contribution in [0.1, 0.15) is 10.4 Å². The molecule has 0 atom stereocenters. The Hall–Kier alpha value is -3.66. The van der Waals surface area contributed by atoms with Gasteiger partial charge in [0.2, 0.25) is 0 Å². The number of carboxylic acid groups (broad SMARTS) is 1. The van der Waals surface area contributed by atoms with Crippen molar-refractivity contribution in [3.8, 4) is 22.6 Å². The average Bonchev–Trinajstić information content (AvgIpc) is 2.96. The number of hydrogen-bond donors (Lipinski definition) is 3. The second kappa shape index (κ2) is 14.4. The van der Waals surface area contributed by atoms with Gasteiger partial charge in [0, 0.05) is 16.6 Å². The number of benzene rings is 5. The first kappa shape index (κ1) is 34.8. The SMILES string of the molecule is Nc1ccc2cc(S(=O)(=O)[O-])c(N=Nc3ccc(-c4ccc(N=Nc5ccc(O)c(C(=O)[O-])c5)cc4)cc3)c(O)c2c1.[Na+].[Na+]. The molecule has 0 heterocycles. The van der Waals surface area contributed by atoms with Crippen LogP contribution in [-0.2, 0) is 10.1 Å². The molecular weight excluding hydrogens is 608 g/mol. The average molecular weight is 628 g/mol. The minimum Gasteiger partial charge on any atom is -0.744 e. The van der Waals surface area contributed by atoms with Gasteiger partial charge in [-0.25, -0.2) is 8.42 Å². The van der Waals surface area contributed by atoms with Gasteiger partial charge in [0.15, 0.2) is 5.75 Å². The molecule has 0 aliphatic carbocycles. The fraction of sp³-hybridized carbons (Fsp3) is 0. The normalized spacial score (nSPS) is 11.4. The molecule has 5 rings (SSSR count). The van der Waals surface area contributed by atoms with E-state index >= 15 is 0 Å². The van der Waals surface area contributed by atoms with E-state index in [2.05, 4.69) is 20.5 Å². The number of fused-ring (bicyclic) bond motifs is 1. The van der Waals surface area contributed by atoms with Gasteiger partial charge in [-0.05, 0) is 77.2 Å². The quantitative estimate of drug-likeness (QED) is 0.0933. The number of carbonyl (C=O) groups excluding carboxylic acids is 1. The summed E-state index contributed by atoms with van der Waals surface area (Å²) in [7, 11) is -4.98. The first-order valence-corrected chi connectivity index (χ1v) is 13.5. The predicted molar refractivity (Wildman–Crippen MR) is 151 cm³/mol. The van der Waals surface area contributed by atoms with Crippen molar-refractivity contribution in [3.05, 3.63) is 96.6 Å². The molecule has 0 saturated carbocycles. The van der Waals surface area contributed by atoms with Crippen LogP contribution in [-0.4, -0.2) is 29.2 Å². The van der Waals surface area contributed by atoms with E-state index in [9.17, 15) is 33.1 Å². The molecule has 0 spiro atoms. The summed E-state index contributed by atoms with van der Waals surface area (Å²) < 4.78 is 35.6. The van der Waals surface area contributed by atoms with Crippen molar-refractivity contribution in [1.29, 1.82) is 0 Å². The summed E-state index contributed by atoms with van der Waals surface area (Å²) >= 11 is 0. The Balaban J connectivity index is 0.00000264. The molecule has 0 radical (unpaired) electrons. The van der Waals surface area contributed by atoms with Crippen molar-refractivity contribution in [1.82, 2.24) is 0 Å². The van der Waals surface area contributed by atoms with Gasteiger partial charge in [0.1, 0.15) is 21.6 Å². The molecule has 44 heavy (non-hydrogen) atoms. The summed E-state index contributed by atoms with van der Waals surface area (Å²) in [4.78, 5) is 10.3. The summed E-state index contributed by atoms with van der Waals surface area (Å²) in [5, 5.41) is 47.8. The van der Waals surface area contributed by atoms with Crippen LogP contribution in [0, 0.1) is 0 Å². The summed E-state index contributed by atoms with van der Waals surface area (Å²) in [6, 6.07) is 23.0. The molecule has 0 aliphatic rings. The zero-order valence-electron chi connectivity index (χ0n) is 23.4. The number of phenols is 2. The number of aromatic carboxylic acids is 1. The molecule has 0 aromatic heterocycles. The van der Waals surface area contributed by atoms with Crippen molar-refractivity contribution < 1.29 is 92.2 Å². The first-order chi connectivity index (χ1) is 20.0. The molecule has 210 valence electrons. The molecule has 4 N–H and O–H groups in total. The second-order valence-electron chi connectivity index (χ2n) is 8.99. The predicted octanol–water partition coefficient (Wildman–Crippen LogP) is -0.393. The van der Waals surface area contributed by atoms with E-state index in [1.807, 2.05) is 0 Å². The van der Waals surface area contributed by atoms with Crippen LogP contribution < -0.4 is 70.0 Å². The van der Waals surface area contributed by atoms with Gasteiger partial charge in [0.25, 0.3) is 0 Å². The maximum absolute atomic E-state index is 11.9. The van der Waals surface area contributed by atoms with Crippen molar-refractivity contribution in [3.63, 3.8) is 0 Å². The third kappa shape index (κ3) is 7.88. The summed E-state index contributed by atoms with van der Waals surface area (Å²) in [5.74, 6) is -2.49. The number of anilines is 1. The fourth-order valence-electron chi connectivity index (χ4n) is 4.06. The van der Waals surface area contributed by atoms with E-state index in [1.165, 1.54) is 30.3 Å². The molecular formula is C29H19N5Na2O7S. The molecule has 12 nitrogen and oxygen atoms in total. The molecule has 5 aromatic rings. The van der Waals surface area contributed by atoms with Crippen LogP contribution in [0.15, 0.2) is 116 Å². The summed E-state index contributed by atoms with van der Waals surface area (Å²) in [6.07, 6.45) is 0. The van der Waals surface area contributed by atoms with Crippen LogP contribution in [0.25, 0.3) is 21.9 Å². The third-order valence-electron chi connectivity index (χ3n) is 6.16. The Morgan fingerprint density at radius 2 is 1.23 bits per heavy atom. The van der Waals surface area contributed by atoms with Crippen LogP contribution in [0.2, 0.25) is 0 Å². The fourth-order valence-corrected chi connectivity index (χ4v) is 4.71. The van der Waals surface area contributed by atoms with Gasteiger partial charge in [-0.15, -0.1) is 5.11 Å². The monoisotopic (exact) mass is 627 g/mol. The Morgan fingerprint density at radius 1 is 0.705 bits per heavy atom. The minimum atomic E-state index is -4.98. The molecule has 5 aromatic carbocycles. The molecule has 0 aliphatic heterocycles. The topological polar surface area (TPSA) is 213 Å². The Bertz CT molecular complexity index is 2020. The van der Waals surface area contributed by atoms with E-state index in [-0.39, 0.29) is 75.8 Å². The number of azo groups is 2. The van der Waals surface area contributed by atoms with Crippen LogP contribution in [0.5, 0.6) is 11.5 Å². The van der Waals surface area contributed by atoms with Crippen molar-refractivity contribution in [2.75, 3.05) is 5.73 Å². The number of aromatic hydroxyl groups is 2.